The molecule has 0 bridgehead atoms. The molecular formula is C28H36FN3O6S. The first-order valence-corrected chi connectivity index (χ1v) is 15.2. The SMILES string of the molecule is C[C@H](C(=O)NC1CCCCC1)N(Cc1ccc(F)cc1)C(=O)CCCN(c1ccc2c(c1)OCO2)S(C)(=O)=O. The van der Waals surface area contributed by atoms with E-state index in [1.54, 1.807) is 37.3 Å². The van der Waals surface area contributed by atoms with E-state index >= 15 is 0 Å². The lowest BCUT2D eigenvalue weighted by Gasteiger charge is -2.31. The third-order valence-electron chi connectivity index (χ3n) is 7.18. The lowest BCUT2D eigenvalue weighted by molar-refractivity contribution is -0.141. The first-order chi connectivity index (χ1) is 18.6. The molecule has 4 rings (SSSR count). The van der Waals surface area contributed by atoms with Gasteiger partial charge in [-0.1, -0.05) is 31.4 Å². The molecule has 1 fully saturated rings. The van der Waals surface area contributed by atoms with E-state index in [0.717, 1.165) is 38.4 Å². The molecule has 1 atom stereocenters. The molecule has 212 valence electrons. The number of carbonyl (C=O) groups excluding carboxylic acids is 2. The predicted octanol–water partition coefficient (Wildman–Crippen LogP) is 3.97. The van der Waals surface area contributed by atoms with Crippen molar-refractivity contribution in [2.24, 2.45) is 0 Å². The van der Waals surface area contributed by atoms with Crippen molar-refractivity contribution >= 4 is 27.5 Å². The van der Waals surface area contributed by atoms with Crippen LogP contribution in [0.3, 0.4) is 0 Å². The number of hydrogen-bond donors (Lipinski definition) is 1. The van der Waals surface area contributed by atoms with Crippen LogP contribution in [0.4, 0.5) is 10.1 Å². The Morgan fingerprint density at radius 2 is 1.74 bits per heavy atom. The van der Waals surface area contributed by atoms with Crippen molar-refractivity contribution in [3.63, 3.8) is 0 Å². The van der Waals surface area contributed by atoms with Gasteiger partial charge in [-0.3, -0.25) is 13.9 Å². The van der Waals surface area contributed by atoms with E-state index in [0.29, 0.717) is 22.7 Å². The highest BCUT2D eigenvalue weighted by atomic mass is 32.2. The van der Waals surface area contributed by atoms with E-state index < -0.39 is 16.1 Å². The summed E-state index contributed by atoms with van der Waals surface area (Å²) in [5.74, 6) is 0.101. The zero-order valence-electron chi connectivity index (χ0n) is 22.4. The molecule has 39 heavy (non-hydrogen) atoms. The van der Waals surface area contributed by atoms with Crippen molar-refractivity contribution in [2.45, 2.75) is 70.5 Å². The minimum absolute atomic E-state index is 0.0266. The van der Waals surface area contributed by atoms with Crippen LogP contribution < -0.4 is 19.1 Å². The third-order valence-corrected chi connectivity index (χ3v) is 8.38. The fourth-order valence-corrected chi connectivity index (χ4v) is 5.94. The normalized spacial score (nSPS) is 16.0. The topological polar surface area (TPSA) is 105 Å². The molecule has 1 aliphatic carbocycles. The predicted molar refractivity (Wildman–Crippen MR) is 145 cm³/mol. The molecule has 0 unspecified atom stereocenters. The van der Waals surface area contributed by atoms with Crippen LogP contribution >= 0.6 is 0 Å². The van der Waals surface area contributed by atoms with Crippen molar-refractivity contribution in [3.05, 3.63) is 53.8 Å². The van der Waals surface area contributed by atoms with Gasteiger partial charge >= 0.3 is 0 Å². The summed E-state index contributed by atoms with van der Waals surface area (Å²) in [5, 5.41) is 3.08. The second-order valence-electron chi connectivity index (χ2n) is 10.1. The largest absolute Gasteiger partial charge is 0.454 e. The number of anilines is 1. The maximum Gasteiger partial charge on any atom is 0.242 e. The van der Waals surface area contributed by atoms with Gasteiger partial charge in [0.25, 0.3) is 0 Å². The number of nitrogens with zero attached hydrogens (tertiary/aromatic N) is 2. The number of benzene rings is 2. The Labute approximate surface area is 229 Å². The Morgan fingerprint density at radius 3 is 2.44 bits per heavy atom. The molecule has 0 spiro atoms. The highest BCUT2D eigenvalue weighted by Gasteiger charge is 2.29. The number of carbonyl (C=O) groups is 2. The molecule has 1 aliphatic heterocycles. The van der Waals surface area contributed by atoms with Crippen LogP contribution in [0.15, 0.2) is 42.5 Å². The maximum atomic E-state index is 13.5. The fraction of sp³-hybridized carbons (Fsp3) is 0.500. The Bertz CT molecular complexity index is 1260. The fourth-order valence-electron chi connectivity index (χ4n) is 4.98. The molecule has 11 heteroatoms. The van der Waals surface area contributed by atoms with Crippen molar-refractivity contribution in [2.75, 3.05) is 23.9 Å². The molecule has 2 aromatic carbocycles. The number of amides is 2. The van der Waals surface area contributed by atoms with Crippen LogP contribution in [0.2, 0.25) is 0 Å². The summed E-state index contributed by atoms with van der Waals surface area (Å²) >= 11 is 0. The molecule has 0 radical (unpaired) electrons. The van der Waals surface area contributed by atoms with E-state index in [1.165, 1.54) is 21.3 Å². The van der Waals surface area contributed by atoms with Crippen LogP contribution in [0.1, 0.15) is 57.4 Å². The monoisotopic (exact) mass is 561 g/mol. The Balaban J connectivity index is 1.44. The van der Waals surface area contributed by atoms with Gasteiger partial charge < -0.3 is 19.7 Å². The van der Waals surface area contributed by atoms with Gasteiger partial charge in [-0.05, 0) is 56.0 Å². The number of sulfonamides is 1. The average Bonchev–Trinajstić information content (AvgIpc) is 3.38. The number of ether oxygens (including phenoxy) is 2. The van der Waals surface area contributed by atoms with Gasteiger partial charge in [0.1, 0.15) is 11.9 Å². The van der Waals surface area contributed by atoms with Crippen LogP contribution in [0, 0.1) is 5.82 Å². The molecule has 1 saturated carbocycles. The highest BCUT2D eigenvalue weighted by molar-refractivity contribution is 7.92. The lowest BCUT2D eigenvalue weighted by atomic mass is 9.95. The molecule has 2 amide bonds. The number of rotatable bonds is 11. The van der Waals surface area contributed by atoms with Crippen LogP contribution in [-0.2, 0) is 26.2 Å². The summed E-state index contributed by atoms with van der Waals surface area (Å²) in [4.78, 5) is 28.0. The third kappa shape index (κ3) is 7.62. The second kappa shape index (κ2) is 12.7. The Morgan fingerprint density at radius 1 is 1.05 bits per heavy atom. The van der Waals surface area contributed by atoms with E-state index in [-0.39, 0.29) is 56.4 Å². The highest BCUT2D eigenvalue weighted by Crippen LogP contribution is 2.36. The standard InChI is InChI=1S/C28H36FN3O6S/c1-20(28(34)30-23-7-4-3-5-8-23)31(18-21-10-12-22(29)13-11-21)27(33)9-6-16-32(39(2,35)36)24-14-15-25-26(17-24)38-19-37-25/h10-15,17,20,23H,3-9,16,18-19H2,1-2H3,(H,30,34)/t20-/m1/s1. The first kappa shape index (κ1) is 28.7. The molecule has 2 aliphatic rings. The van der Waals surface area contributed by atoms with Gasteiger partial charge in [0, 0.05) is 31.6 Å². The van der Waals surface area contributed by atoms with Gasteiger partial charge in [-0.15, -0.1) is 0 Å². The van der Waals surface area contributed by atoms with E-state index in [4.69, 9.17) is 9.47 Å². The first-order valence-electron chi connectivity index (χ1n) is 13.3. The molecule has 9 nitrogen and oxygen atoms in total. The summed E-state index contributed by atoms with van der Waals surface area (Å²) in [6.07, 6.45) is 6.51. The van der Waals surface area contributed by atoms with Crippen LogP contribution in [0.25, 0.3) is 0 Å². The molecule has 2 aromatic rings. The number of halogens is 1. The number of hydrogen-bond acceptors (Lipinski definition) is 6. The summed E-state index contributed by atoms with van der Waals surface area (Å²) in [6, 6.07) is 10.1. The summed E-state index contributed by atoms with van der Waals surface area (Å²) < 4.78 is 50.5. The molecule has 1 N–H and O–H groups in total. The van der Waals surface area contributed by atoms with Gasteiger partial charge in [-0.2, -0.15) is 0 Å². The second-order valence-corrected chi connectivity index (χ2v) is 12.1. The Hall–Kier alpha value is -3.34. The van der Waals surface area contributed by atoms with E-state index in [1.807, 2.05) is 0 Å². The van der Waals surface area contributed by atoms with Crippen LogP contribution in [-0.4, -0.2) is 56.8 Å². The van der Waals surface area contributed by atoms with E-state index in [9.17, 15) is 22.4 Å². The molecule has 1 heterocycles. The zero-order valence-corrected chi connectivity index (χ0v) is 23.2. The Kier molecular flexibility index (Phi) is 9.32. The van der Waals surface area contributed by atoms with E-state index in [2.05, 4.69) is 5.32 Å². The van der Waals surface area contributed by atoms with Crippen molar-refractivity contribution in [1.29, 1.82) is 0 Å². The van der Waals surface area contributed by atoms with Crippen LogP contribution in [0.5, 0.6) is 11.5 Å². The summed E-state index contributed by atoms with van der Waals surface area (Å²) in [5.41, 5.74) is 1.11. The van der Waals surface area contributed by atoms with Crippen molar-refractivity contribution in [1.82, 2.24) is 10.2 Å². The lowest BCUT2D eigenvalue weighted by Crippen LogP contribution is -2.50. The summed E-state index contributed by atoms with van der Waals surface area (Å²) in [6.45, 7) is 1.96. The zero-order chi connectivity index (χ0) is 28.0. The smallest absolute Gasteiger partial charge is 0.242 e. The minimum Gasteiger partial charge on any atom is -0.454 e. The number of nitrogens with one attached hydrogen (secondary N) is 1. The van der Waals surface area contributed by atoms with Gasteiger partial charge in [0.05, 0.1) is 11.9 Å². The van der Waals surface area contributed by atoms with Gasteiger partial charge in [-0.25, -0.2) is 12.8 Å². The van der Waals surface area contributed by atoms with Gasteiger partial charge in [0.2, 0.25) is 28.6 Å². The maximum absolute atomic E-state index is 13.5. The molecular weight excluding hydrogens is 525 g/mol. The quantitative estimate of drug-likeness (QED) is 0.445. The van der Waals surface area contributed by atoms with Crippen molar-refractivity contribution in [3.8, 4) is 11.5 Å². The molecule has 0 saturated heterocycles. The van der Waals surface area contributed by atoms with Crippen molar-refractivity contribution < 1.29 is 31.9 Å². The molecule has 0 aromatic heterocycles. The van der Waals surface area contributed by atoms with Gasteiger partial charge in [0.15, 0.2) is 11.5 Å². The summed E-state index contributed by atoms with van der Waals surface area (Å²) in [7, 11) is -3.64. The minimum atomic E-state index is -3.64. The average molecular weight is 562 g/mol. The number of fused-ring (bicyclic) bond motifs is 1.